The van der Waals surface area contributed by atoms with Crippen LogP contribution in [0.15, 0.2) is 29.8 Å². The molecular formula is C16H17N3O3S. The fraction of sp³-hybridized carbons (Fsp3) is 0.312. The van der Waals surface area contributed by atoms with Gasteiger partial charge in [0.25, 0.3) is 0 Å². The number of amides is 1. The Morgan fingerprint density at radius 2 is 2.30 bits per heavy atom. The van der Waals surface area contributed by atoms with Crippen LogP contribution in [-0.2, 0) is 9.53 Å². The molecule has 0 aliphatic heterocycles. The van der Waals surface area contributed by atoms with Crippen molar-refractivity contribution in [2.45, 2.75) is 19.3 Å². The molecule has 0 saturated heterocycles. The Kier molecular flexibility index (Phi) is 4.57. The Morgan fingerprint density at radius 1 is 1.43 bits per heavy atom. The average molecular weight is 331 g/mol. The highest BCUT2D eigenvalue weighted by molar-refractivity contribution is 7.14. The minimum Gasteiger partial charge on any atom is -0.464 e. The molecule has 3 rings (SSSR count). The summed E-state index contributed by atoms with van der Waals surface area (Å²) in [5.41, 5.74) is 1.86. The Morgan fingerprint density at radius 3 is 3.04 bits per heavy atom. The van der Waals surface area contributed by atoms with Crippen LogP contribution in [0.4, 0.5) is 5.13 Å². The molecule has 0 saturated carbocycles. The summed E-state index contributed by atoms with van der Waals surface area (Å²) >= 11 is 1.37. The van der Waals surface area contributed by atoms with Gasteiger partial charge in [-0.3, -0.25) is 4.79 Å². The largest absolute Gasteiger partial charge is 0.464 e. The van der Waals surface area contributed by atoms with E-state index in [4.69, 9.17) is 0 Å². The number of hydrogen-bond acceptors (Lipinski definition) is 5. The molecule has 0 bridgehead atoms. The Bertz CT molecular complexity index is 747. The fourth-order valence-electron chi connectivity index (χ4n) is 2.47. The predicted octanol–water partition coefficient (Wildman–Crippen LogP) is 3.22. The molecule has 1 aliphatic carbocycles. The zero-order valence-electron chi connectivity index (χ0n) is 12.7. The predicted molar refractivity (Wildman–Crippen MR) is 88.4 cm³/mol. The number of aromatic nitrogens is 2. The lowest BCUT2D eigenvalue weighted by Gasteiger charge is -2.15. The monoisotopic (exact) mass is 331 g/mol. The highest BCUT2D eigenvalue weighted by atomic mass is 32.1. The Hall–Kier alpha value is -2.41. The minimum atomic E-state index is -0.426. The van der Waals surface area contributed by atoms with Gasteiger partial charge in [0.2, 0.25) is 5.91 Å². The van der Waals surface area contributed by atoms with E-state index < -0.39 is 5.97 Å². The molecule has 0 radical (unpaired) electrons. The molecule has 0 spiro atoms. The summed E-state index contributed by atoms with van der Waals surface area (Å²) in [6, 6.07) is 1.68. The van der Waals surface area contributed by atoms with E-state index >= 15 is 0 Å². The van der Waals surface area contributed by atoms with E-state index in [1.165, 1.54) is 18.4 Å². The first kappa shape index (κ1) is 15.5. The first-order chi connectivity index (χ1) is 11.2. The number of esters is 1. The standard InChI is InChI=1S/C16H17N3O3S/c1-22-15(21)12-7-11(8-17-12)13-9-23-16(18-13)19-14(20)10-5-3-2-4-6-10/h2-3,7-10,17H,4-6H2,1H3,(H,18,19,20). The number of methoxy groups -OCH3 is 1. The number of nitrogens with one attached hydrogen (secondary N) is 2. The summed E-state index contributed by atoms with van der Waals surface area (Å²) in [4.78, 5) is 30.9. The van der Waals surface area contributed by atoms with Crippen LogP contribution < -0.4 is 5.32 Å². The third kappa shape index (κ3) is 3.50. The van der Waals surface area contributed by atoms with E-state index in [2.05, 4.69) is 32.2 Å². The molecule has 1 atom stereocenters. The molecule has 0 fully saturated rings. The molecule has 2 aromatic heterocycles. The molecule has 2 N–H and O–H groups in total. The van der Waals surface area contributed by atoms with Crippen molar-refractivity contribution >= 4 is 28.3 Å². The van der Waals surface area contributed by atoms with Crippen molar-refractivity contribution in [2.75, 3.05) is 12.4 Å². The van der Waals surface area contributed by atoms with Crippen molar-refractivity contribution in [1.29, 1.82) is 0 Å². The van der Waals surface area contributed by atoms with E-state index in [9.17, 15) is 9.59 Å². The summed E-state index contributed by atoms with van der Waals surface area (Å²) in [5, 5.41) is 5.29. The summed E-state index contributed by atoms with van der Waals surface area (Å²) in [5.74, 6) is -0.393. The highest BCUT2D eigenvalue weighted by Crippen LogP contribution is 2.27. The van der Waals surface area contributed by atoms with E-state index in [0.717, 1.165) is 24.8 Å². The van der Waals surface area contributed by atoms with Crippen LogP contribution >= 0.6 is 11.3 Å². The lowest BCUT2D eigenvalue weighted by Crippen LogP contribution is -2.23. The smallest absolute Gasteiger partial charge is 0.354 e. The number of rotatable bonds is 4. The maximum atomic E-state index is 12.2. The van der Waals surface area contributed by atoms with Crippen LogP contribution in [0, 0.1) is 5.92 Å². The molecule has 120 valence electrons. The van der Waals surface area contributed by atoms with Crippen LogP contribution in [-0.4, -0.2) is 29.0 Å². The molecule has 1 amide bonds. The van der Waals surface area contributed by atoms with Gasteiger partial charge in [0.05, 0.1) is 12.8 Å². The van der Waals surface area contributed by atoms with Crippen LogP contribution in [0.1, 0.15) is 29.8 Å². The van der Waals surface area contributed by atoms with Crippen molar-refractivity contribution in [1.82, 2.24) is 9.97 Å². The maximum Gasteiger partial charge on any atom is 0.354 e. The van der Waals surface area contributed by atoms with Gasteiger partial charge in [0.15, 0.2) is 5.13 Å². The second-order valence-corrected chi connectivity index (χ2v) is 6.16. The Labute approximate surface area is 137 Å². The van der Waals surface area contributed by atoms with E-state index in [1.807, 2.05) is 5.38 Å². The van der Waals surface area contributed by atoms with Gasteiger partial charge in [0, 0.05) is 23.1 Å². The van der Waals surface area contributed by atoms with Crippen LogP contribution in [0.2, 0.25) is 0 Å². The maximum absolute atomic E-state index is 12.2. The summed E-state index contributed by atoms with van der Waals surface area (Å²) < 4.78 is 4.66. The topological polar surface area (TPSA) is 84.1 Å². The van der Waals surface area contributed by atoms with Gasteiger partial charge in [-0.25, -0.2) is 9.78 Å². The molecule has 2 aromatic rings. The second-order valence-electron chi connectivity index (χ2n) is 5.30. The lowest BCUT2D eigenvalue weighted by molar-refractivity contribution is -0.120. The number of carbonyl (C=O) groups is 2. The van der Waals surface area contributed by atoms with E-state index in [0.29, 0.717) is 16.5 Å². The van der Waals surface area contributed by atoms with Crippen molar-refractivity contribution in [3.05, 3.63) is 35.5 Å². The van der Waals surface area contributed by atoms with Crippen molar-refractivity contribution in [2.24, 2.45) is 5.92 Å². The number of allylic oxidation sites excluding steroid dienone is 2. The zero-order valence-corrected chi connectivity index (χ0v) is 13.5. The number of carbonyl (C=O) groups excluding carboxylic acids is 2. The van der Waals surface area contributed by atoms with Crippen molar-refractivity contribution < 1.29 is 14.3 Å². The highest BCUT2D eigenvalue weighted by Gasteiger charge is 2.20. The number of hydrogen-bond donors (Lipinski definition) is 2. The van der Waals surface area contributed by atoms with Gasteiger partial charge < -0.3 is 15.0 Å². The quantitative estimate of drug-likeness (QED) is 0.665. The summed E-state index contributed by atoms with van der Waals surface area (Å²) in [7, 11) is 1.33. The van der Waals surface area contributed by atoms with E-state index in [-0.39, 0.29) is 11.8 Å². The minimum absolute atomic E-state index is 0.0135. The SMILES string of the molecule is COC(=O)c1cc(-c2csc(NC(=O)C3CC=CCC3)n2)c[nH]1. The number of thiazole rings is 1. The van der Waals surface area contributed by atoms with E-state index in [1.54, 1.807) is 12.3 Å². The van der Waals surface area contributed by atoms with Crippen molar-refractivity contribution in [3.63, 3.8) is 0 Å². The van der Waals surface area contributed by atoms with Crippen molar-refractivity contribution in [3.8, 4) is 11.3 Å². The number of aromatic amines is 1. The first-order valence-electron chi connectivity index (χ1n) is 7.36. The molecule has 6 nitrogen and oxygen atoms in total. The normalized spacial score (nSPS) is 17.0. The second kappa shape index (κ2) is 6.78. The third-order valence-corrected chi connectivity index (χ3v) is 4.52. The molecule has 0 aromatic carbocycles. The van der Waals surface area contributed by atoms with Gasteiger partial charge in [-0.05, 0) is 25.3 Å². The molecular weight excluding hydrogens is 314 g/mol. The van der Waals surface area contributed by atoms with Gasteiger partial charge in [-0.2, -0.15) is 0 Å². The van der Waals surface area contributed by atoms with Crippen LogP contribution in [0.25, 0.3) is 11.3 Å². The number of anilines is 1. The third-order valence-electron chi connectivity index (χ3n) is 3.76. The Balaban J connectivity index is 1.68. The zero-order chi connectivity index (χ0) is 16.2. The van der Waals surface area contributed by atoms with Gasteiger partial charge in [-0.1, -0.05) is 12.2 Å². The number of ether oxygens (including phenoxy) is 1. The number of H-pyrrole nitrogens is 1. The molecule has 7 heteroatoms. The molecule has 1 unspecified atom stereocenters. The number of nitrogens with zero attached hydrogens (tertiary/aromatic N) is 1. The lowest BCUT2D eigenvalue weighted by atomic mass is 9.94. The summed E-state index contributed by atoms with van der Waals surface area (Å²) in [6.45, 7) is 0. The molecule has 2 heterocycles. The van der Waals surface area contributed by atoms with Crippen LogP contribution in [0.3, 0.4) is 0 Å². The van der Waals surface area contributed by atoms with Gasteiger partial charge in [0.1, 0.15) is 5.69 Å². The molecule has 23 heavy (non-hydrogen) atoms. The van der Waals surface area contributed by atoms with Gasteiger partial charge in [-0.15, -0.1) is 11.3 Å². The first-order valence-corrected chi connectivity index (χ1v) is 8.24. The average Bonchev–Trinajstić information content (AvgIpc) is 3.24. The summed E-state index contributed by atoms with van der Waals surface area (Å²) in [6.07, 6.45) is 8.45. The fourth-order valence-corrected chi connectivity index (χ4v) is 3.20. The van der Waals surface area contributed by atoms with Crippen LogP contribution in [0.5, 0.6) is 0 Å². The molecule has 1 aliphatic rings. The van der Waals surface area contributed by atoms with Gasteiger partial charge >= 0.3 is 5.97 Å².